The second-order valence-corrected chi connectivity index (χ2v) is 8.51. The van der Waals surface area contributed by atoms with Crippen LogP contribution in [-0.2, 0) is 9.53 Å². The Balaban J connectivity index is 2.09. The number of hydrogen-bond acceptors (Lipinski definition) is 4. The summed E-state index contributed by atoms with van der Waals surface area (Å²) in [5.74, 6) is -0.613. The van der Waals surface area contributed by atoms with E-state index in [0.717, 1.165) is 3.79 Å². The van der Waals surface area contributed by atoms with Crippen LogP contribution in [-0.4, -0.2) is 35.0 Å². The molecule has 0 saturated heterocycles. The molecule has 3 rings (SSSR count). The van der Waals surface area contributed by atoms with E-state index >= 15 is 0 Å². The molecule has 5 nitrogen and oxygen atoms in total. The number of nitrogens with zero attached hydrogens (tertiary/aromatic N) is 1. The molecule has 2 heterocycles. The summed E-state index contributed by atoms with van der Waals surface area (Å²) >= 11 is 11.2. The van der Waals surface area contributed by atoms with Gasteiger partial charge in [0.1, 0.15) is 5.76 Å². The first-order valence-electron chi connectivity index (χ1n) is 7.50. The van der Waals surface area contributed by atoms with Crippen molar-refractivity contribution in [1.82, 2.24) is 4.90 Å². The van der Waals surface area contributed by atoms with Gasteiger partial charge in [-0.2, -0.15) is 0 Å². The van der Waals surface area contributed by atoms with Gasteiger partial charge in [0.25, 0.3) is 5.91 Å². The van der Waals surface area contributed by atoms with Gasteiger partial charge >= 0.3 is 5.97 Å². The van der Waals surface area contributed by atoms with E-state index in [2.05, 4.69) is 15.9 Å². The maximum atomic E-state index is 13.0. The van der Waals surface area contributed by atoms with E-state index in [4.69, 9.17) is 16.3 Å². The van der Waals surface area contributed by atoms with Crippen molar-refractivity contribution in [2.45, 2.75) is 25.8 Å². The monoisotopic (exact) mass is 443 g/mol. The number of halogens is 2. The van der Waals surface area contributed by atoms with Crippen LogP contribution in [0.25, 0.3) is 0 Å². The first kappa shape index (κ1) is 18.2. The molecule has 0 fully saturated rings. The normalized spacial score (nSPS) is 19.9. The summed E-state index contributed by atoms with van der Waals surface area (Å²) in [5.41, 5.74) is 1.87. The summed E-state index contributed by atoms with van der Waals surface area (Å²) in [6.45, 7) is 1.76. The molecule has 0 spiro atoms. The molecule has 0 radical (unpaired) electrons. The van der Waals surface area contributed by atoms with Crippen molar-refractivity contribution >= 4 is 50.7 Å². The number of ether oxygens (including phenoxy) is 1. The van der Waals surface area contributed by atoms with E-state index in [1.54, 1.807) is 17.9 Å². The lowest BCUT2D eigenvalue weighted by molar-refractivity contribution is -0.136. The number of carbonyl (C=O) groups is 2. The van der Waals surface area contributed by atoms with Crippen LogP contribution < -0.4 is 0 Å². The van der Waals surface area contributed by atoms with Gasteiger partial charge in [0.05, 0.1) is 33.3 Å². The van der Waals surface area contributed by atoms with Crippen molar-refractivity contribution < 1.29 is 19.4 Å². The molecule has 0 bridgehead atoms. The van der Waals surface area contributed by atoms with Gasteiger partial charge in [-0.1, -0.05) is 11.6 Å². The highest BCUT2D eigenvalue weighted by atomic mass is 79.9. The Labute approximate surface area is 162 Å². The standard InChI is InChI=1S/C17H15BrClNO4S/c1-8-9(7-14(21)22)15-10(3-4-11(24-2)16(15)19)20(8)17(23)12-5-6-13(18)25-12/h4-6,10H,3,7H2,1-2H3,(H,21,22). The van der Waals surface area contributed by atoms with Crippen LogP contribution in [0.3, 0.4) is 0 Å². The van der Waals surface area contributed by atoms with E-state index < -0.39 is 5.97 Å². The molecule has 1 aromatic heterocycles. The number of carboxylic acids is 1. The van der Waals surface area contributed by atoms with Crippen LogP contribution in [0.4, 0.5) is 0 Å². The number of thiophene rings is 1. The fourth-order valence-electron chi connectivity index (χ4n) is 3.24. The van der Waals surface area contributed by atoms with Crippen molar-refractivity contribution in [3.63, 3.8) is 0 Å². The zero-order valence-corrected chi connectivity index (χ0v) is 16.7. The SMILES string of the molecule is COC1=CCC2C(=C1Cl)C(CC(=O)O)=C(C)N2C(=O)c1ccc(Br)s1. The van der Waals surface area contributed by atoms with Crippen LogP contribution in [0.2, 0.25) is 0 Å². The molecular formula is C17H15BrClNO4S. The van der Waals surface area contributed by atoms with Crippen LogP contribution >= 0.6 is 38.9 Å². The zero-order valence-electron chi connectivity index (χ0n) is 13.5. The third kappa shape index (κ3) is 3.16. The molecule has 8 heteroatoms. The smallest absolute Gasteiger partial charge is 0.307 e. The molecule has 1 aliphatic heterocycles. The Morgan fingerprint density at radius 3 is 2.76 bits per heavy atom. The average Bonchev–Trinajstić information content (AvgIpc) is 3.10. The first-order chi connectivity index (χ1) is 11.8. The largest absolute Gasteiger partial charge is 0.496 e. The maximum Gasteiger partial charge on any atom is 0.307 e. The van der Waals surface area contributed by atoms with Gasteiger partial charge in [-0.15, -0.1) is 11.3 Å². The number of carbonyl (C=O) groups excluding carboxylic acids is 1. The minimum absolute atomic E-state index is 0.158. The molecule has 25 heavy (non-hydrogen) atoms. The number of hydrogen-bond donors (Lipinski definition) is 1. The molecule has 1 amide bonds. The number of amides is 1. The van der Waals surface area contributed by atoms with Crippen LogP contribution in [0.15, 0.2) is 49.6 Å². The molecule has 0 aromatic carbocycles. The molecule has 1 aliphatic carbocycles. The molecule has 1 atom stereocenters. The van der Waals surface area contributed by atoms with Crippen molar-refractivity contribution in [3.05, 3.63) is 54.5 Å². The third-order valence-corrected chi connectivity index (χ3v) is 6.30. The Morgan fingerprint density at radius 1 is 1.48 bits per heavy atom. The van der Waals surface area contributed by atoms with Gasteiger partial charge in [0, 0.05) is 11.3 Å². The van der Waals surface area contributed by atoms with E-state index in [9.17, 15) is 14.7 Å². The maximum absolute atomic E-state index is 13.0. The lowest BCUT2D eigenvalue weighted by atomic mass is 9.92. The highest BCUT2D eigenvalue weighted by Crippen LogP contribution is 2.45. The van der Waals surface area contributed by atoms with Crippen LogP contribution in [0.5, 0.6) is 0 Å². The average molecular weight is 445 g/mol. The van der Waals surface area contributed by atoms with Crippen molar-refractivity contribution in [2.75, 3.05) is 7.11 Å². The highest BCUT2D eigenvalue weighted by molar-refractivity contribution is 9.11. The second kappa shape index (κ2) is 6.97. The van der Waals surface area contributed by atoms with E-state index in [1.807, 2.05) is 12.1 Å². The molecule has 2 aliphatic rings. The lowest BCUT2D eigenvalue weighted by Crippen LogP contribution is -2.36. The second-order valence-electron chi connectivity index (χ2n) is 5.67. The van der Waals surface area contributed by atoms with Gasteiger partial charge in [0.15, 0.2) is 0 Å². The summed E-state index contributed by atoms with van der Waals surface area (Å²) in [5, 5.41) is 9.66. The molecule has 0 saturated carbocycles. The Bertz CT molecular complexity index is 855. The molecule has 1 unspecified atom stereocenters. The Hall–Kier alpha value is -1.57. The number of methoxy groups -OCH3 is 1. The van der Waals surface area contributed by atoms with Crippen molar-refractivity contribution in [2.24, 2.45) is 0 Å². The molecule has 1 aromatic rings. The molecular weight excluding hydrogens is 430 g/mol. The fraction of sp³-hybridized carbons (Fsp3) is 0.294. The lowest BCUT2D eigenvalue weighted by Gasteiger charge is -2.29. The molecule has 132 valence electrons. The zero-order chi connectivity index (χ0) is 18.3. The van der Waals surface area contributed by atoms with Gasteiger partial charge in [-0.3, -0.25) is 9.59 Å². The summed E-state index contributed by atoms with van der Waals surface area (Å²) < 4.78 is 6.14. The van der Waals surface area contributed by atoms with E-state index in [1.165, 1.54) is 18.4 Å². The van der Waals surface area contributed by atoms with Gasteiger partial charge < -0.3 is 14.7 Å². The highest BCUT2D eigenvalue weighted by Gasteiger charge is 2.42. The van der Waals surface area contributed by atoms with Gasteiger partial charge in [0.2, 0.25) is 0 Å². The van der Waals surface area contributed by atoms with Gasteiger partial charge in [-0.05, 0) is 53.1 Å². The summed E-state index contributed by atoms with van der Waals surface area (Å²) in [7, 11) is 1.52. The minimum Gasteiger partial charge on any atom is -0.496 e. The van der Waals surface area contributed by atoms with Crippen LogP contribution in [0.1, 0.15) is 29.4 Å². The number of fused-ring (bicyclic) bond motifs is 1. The van der Waals surface area contributed by atoms with Crippen LogP contribution in [0, 0.1) is 0 Å². The third-order valence-electron chi connectivity index (χ3n) is 4.30. The first-order valence-corrected chi connectivity index (χ1v) is 9.48. The van der Waals surface area contributed by atoms with E-state index in [0.29, 0.717) is 38.9 Å². The number of aliphatic carboxylic acids is 1. The fourth-order valence-corrected chi connectivity index (χ4v) is 4.95. The van der Waals surface area contributed by atoms with Gasteiger partial charge in [-0.25, -0.2) is 0 Å². The number of carboxylic acid groups (broad SMARTS) is 1. The Morgan fingerprint density at radius 2 is 2.20 bits per heavy atom. The summed E-state index contributed by atoms with van der Waals surface area (Å²) in [6.07, 6.45) is 2.16. The number of rotatable bonds is 4. The van der Waals surface area contributed by atoms with Crippen molar-refractivity contribution in [1.29, 1.82) is 0 Å². The predicted octanol–water partition coefficient (Wildman–Crippen LogP) is 4.51. The Kier molecular flexibility index (Phi) is 5.09. The summed E-state index contributed by atoms with van der Waals surface area (Å²) in [6, 6.07) is 3.26. The van der Waals surface area contributed by atoms with E-state index in [-0.39, 0.29) is 18.4 Å². The predicted molar refractivity (Wildman–Crippen MR) is 99.5 cm³/mol. The minimum atomic E-state index is -0.966. The quantitative estimate of drug-likeness (QED) is 0.742. The summed E-state index contributed by atoms with van der Waals surface area (Å²) in [4.78, 5) is 26.6. The molecule has 1 N–H and O–H groups in total. The van der Waals surface area contributed by atoms with Crippen molar-refractivity contribution in [3.8, 4) is 0 Å². The number of allylic oxidation sites excluding steroid dienone is 2. The topological polar surface area (TPSA) is 66.8 Å².